The fourth-order valence-corrected chi connectivity index (χ4v) is 4.05. The van der Waals surface area contributed by atoms with Crippen LogP contribution in [0.4, 0.5) is 0 Å². The highest BCUT2D eigenvalue weighted by Gasteiger charge is 2.38. The number of fused-ring (bicyclic) bond motifs is 1. The molecular formula is C13H21N3S. The number of rotatable bonds is 2. The predicted molar refractivity (Wildman–Crippen MR) is 70.9 cm³/mol. The summed E-state index contributed by atoms with van der Waals surface area (Å²) in [6.07, 6.45) is 3.93. The summed E-state index contributed by atoms with van der Waals surface area (Å²) >= 11 is 1.75. The molecule has 0 aromatic carbocycles. The Hall–Kier alpha value is -0.450. The van der Waals surface area contributed by atoms with Crippen LogP contribution < -0.4 is 5.73 Å². The van der Waals surface area contributed by atoms with Crippen LogP contribution in [-0.2, 0) is 6.54 Å². The molecule has 0 bridgehead atoms. The Morgan fingerprint density at radius 3 is 3.06 bits per heavy atom. The van der Waals surface area contributed by atoms with E-state index in [-0.39, 0.29) is 0 Å². The molecule has 2 N–H and O–H groups in total. The normalized spacial score (nSPS) is 33.9. The van der Waals surface area contributed by atoms with Gasteiger partial charge in [-0.3, -0.25) is 4.90 Å². The lowest BCUT2D eigenvalue weighted by atomic mass is 9.78. The fraction of sp³-hybridized carbons (Fsp3) is 0.769. The van der Waals surface area contributed by atoms with Crippen molar-refractivity contribution in [1.29, 1.82) is 0 Å². The maximum atomic E-state index is 6.24. The number of hydrogen-bond acceptors (Lipinski definition) is 4. The lowest BCUT2D eigenvalue weighted by Gasteiger charge is -2.29. The molecule has 1 aliphatic carbocycles. The number of aromatic nitrogens is 1. The monoisotopic (exact) mass is 251 g/mol. The van der Waals surface area contributed by atoms with Crippen molar-refractivity contribution in [3.8, 4) is 0 Å². The van der Waals surface area contributed by atoms with Crippen molar-refractivity contribution < 1.29 is 0 Å². The summed E-state index contributed by atoms with van der Waals surface area (Å²) in [5, 5.41) is 3.37. The zero-order valence-electron chi connectivity index (χ0n) is 10.4. The van der Waals surface area contributed by atoms with Crippen LogP contribution in [0.3, 0.4) is 0 Å². The molecule has 94 valence electrons. The van der Waals surface area contributed by atoms with Gasteiger partial charge in [0.05, 0.1) is 10.7 Å². The van der Waals surface area contributed by atoms with E-state index < -0.39 is 0 Å². The van der Waals surface area contributed by atoms with E-state index in [4.69, 9.17) is 5.73 Å². The summed E-state index contributed by atoms with van der Waals surface area (Å²) in [7, 11) is 0. The SMILES string of the molecule is Cc1nc(CN2CC3CCCC(N)C3C2)cs1. The molecule has 3 rings (SSSR count). The Morgan fingerprint density at radius 2 is 2.35 bits per heavy atom. The van der Waals surface area contributed by atoms with Gasteiger partial charge in [0.15, 0.2) is 0 Å². The molecule has 1 aromatic heterocycles. The van der Waals surface area contributed by atoms with Gasteiger partial charge in [-0.05, 0) is 31.6 Å². The lowest BCUT2D eigenvalue weighted by molar-refractivity contribution is 0.259. The lowest BCUT2D eigenvalue weighted by Crippen LogP contribution is -2.38. The van der Waals surface area contributed by atoms with Crippen LogP contribution in [0.25, 0.3) is 0 Å². The van der Waals surface area contributed by atoms with Gasteiger partial charge in [-0.15, -0.1) is 11.3 Å². The molecule has 2 heterocycles. The van der Waals surface area contributed by atoms with Crippen LogP contribution in [0.2, 0.25) is 0 Å². The maximum Gasteiger partial charge on any atom is 0.0897 e. The standard InChI is InChI=1S/C13H21N3S/c1-9-15-11(8-17-9)6-16-5-10-3-2-4-13(14)12(10)7-16/h8,10,12-13H,2-7,14H2,1H3. The number of nitrogens with zero attached hydrogens (tertiary/aromatic N) is 2. The van der Waals surface area contributed by atoms with Crippen molar-refractivity contribution >= 4 is 11.3 Å². The summed E-state index contributed by atoms with van der Waals surface area (Å²) in [4.78, 5) is 7.11. The van der Waals surface area contributed by atoms with Gasteiger partial charge >= 0.3 is 0 Å². The molecule has 3 unspecified atom stereocenters. The highest BCUT2D eigenvalue weighted by molar-refractivity contribution is 7.09. The van der Waals surface area contributed by atoms with Crippen LogP contribution in [0.5, 0.6) is 0 Å². The van der Waals surface area contributed by atoms with E-state index in [0.717, 1.165) is 18.4 Å². The molecule has 1 saturated heterocycles. The van der Waals surface area contributed by atoms with Crippen LogP contribution in [0.15, 0.2) is 5.38 Å². The Kier molecular flexibility index (Phi) is 3.19. The minimum Gasteiger partial charge on any atom is -0.327 e. The summed E-state index contributed by atoms with van der Waals surface area (Å²) in [5.41, 5.74) is 7.48. The van der Waals surface area contributed by atoms with Gasteiger partial charge in [-0.2, -0.15) is 0 Å². The first-order valence-electron chi connectivity index (χ1n) is 6.61. The summed E-state index contributed by atoms with van der Waals surface area (Å²) in [5.74, 6) is 1.59. The summed E-state index contributed by atoms with van der Waals surface area (Å²) in [6.45, 7) is 5.51. The number of likely N-dealkylation sites (tertiary alicyclic amines) is 1. The largest absolute Gasteiger partial charge is 0.327 e. The van der Waals surface area contributed by atoms with E-state index in [2.05, 4.69) is 22.2 Å². The van der Waals surface area contributed by atoms with Crippen molar-refractivity contribution in [2.75, 3.05) is 13.1 Å². The molecule has 1 aliphatic heterocycles. The van der Waals surface area contributed by atoms with Gasteiger partial charge in [0.2, 0.25) is 0 Å². The highest BCUT2D eigenvalue weighted by Crippen LogP contribution is 2.36. The van der Waals surface area contributed by atoms with E-state index >= 15 is 0 Å². The molecule has 3 atom stereocenters. The molecule has 1 aromatic rings. The predicted octanol–water partition coefficient (Wildman–Crippen LogP) is 2.01. The molecular weight excluding hydrogens is 230 g/mol. The molecule has 17 heavy (non-hydrogen) atoms. The van der Waals surface area contributed by atoms with Gasteiger partial charge in [-0.1, -0.05) is 6.42 Å². The second-order valence-electron chi connectivity index (χ2n) is 5.57. The number of aryl methyl sites for hydroxylation is 1. The van der Waals surface area contributed by atoms with Crippen LogP contribution >= 0.6 is 11.3 Å². The first-order chi connectivity index (χ1) is 8.22. The molecule has 0 amide bonds. The third kappa shape index (κ3) is 2.39. The zero-order valence-corrected chi connectivity index (χ0v) is 11.2. The minimum atomic E-state index is 0.441. The third-order valence-electron chi connectivity index (χ3n) is 4.28. The second-order valence-corrected chi connectivity index (χ2v) is 6.63. The fourth-order valence-electron chi connectivity index (χ4n) is 3.45. The number of nitrogens with two attached hydrogens (primary N) is 1. The number of hydrogen-bond donors (Lipinski definition) is 1. The molecule has 4 heteroatoms. The zero-order chi connectivity index (χ0) is 11.8. The van der Waals surface area contributed by atoms with E-state index in [0.29, 0.717) is 6.04 Å². The summed E-state index contributed by atoms with van der Waals surface area (Å²) < 4.78 is 0. The maximum absolute atomic E-state index is 6.24. The van der Waals surface area contributed by atoms with Crippen molar-refractivity contribution in [3.63, 3.8) is 0 Å². The van der Waals surface area contributed by atoms with Gasteiger partial charge in [0, 0.05) is 31.1 Å². The molecule has 2 fully saturated rings. The van der Waals surface area contributed by atoms with Crippen molar-refractivity contribution in [2.45, 2.75) is 38.8 Å². The Labute approximate surface area is 107 Å². The van der Waals surface area contributed by atoms with Gasteiger partial charge in [0.1, 0.15) is 0 Å². The quantitative estimate of drug-likeness (QED) is 0.874. The van der Waals surface area contributed by atoms with E-state index in [1.54, 1.807) is 11.3 Å². The first-order valence-corrected chi connectivity index (χ1v) is 7.49. The van der Waals surface area contributed by atoms with Crippen LogP contribution in [-0.4, -0.2) is 29.0 Å². The smallest absolute Gasteiger partial charge is 0.0897 e. The molecule has 1 saturated carbocycles. The van der Waals surface area contributed by atoms with Crippen LogP contribution in [0.1, 0.15) is 30.0 Å². The van der Waals surface area contributed by atoms with E-state index in [1.807, 2.05) is 0 Å². The second kappa shape index (κ2) is 4.67. The molecule has 0 radical (unpaired) electrons. The van der Waals surface area contributed by atoms with Crippen molar-refractivity contribution in [2.24, 2.45) is 17.6 Å². The Balaban J connectivity index is 1.63. The van der Waals surface area contributed by atoms with Crippen molar-refractivity contribution in [1.82, 2.24) is 9.88 Å². The Bertz CT molecular complexity index is 390. The van der Waals surface area contributed by atoms with Crippen LogP contribution in [0, 0.1) is 18.8 Å². The van der Waals surface area contributed by atoms with Gasteiger partial charge in [-0.25, -0.2) is 4.98 Å². The summed E-state index contributed by atoms with van der Waals surface area (Å²) in [6, 6.07) is 0.441. The number of thiazole rings is 1. The average Bonchev–Trinajstić information content (AvgIpc) is 2.86. The highest BCUT2D eigenvalue weighted by atomic mass is 32.1. The third-order valence-corrected chi connectivity index (χ3v) is 5.10. The topological polar surface area (TPSA) is 42.2 Å². The minimum absolute atomic E-state index is 0.441. The van der Waals surface area contributed by atoms with Gasteiger partial charge < -0.3 is 5.73 Å². The Morgan fingerprint density at radius 1 is 1.47 bits per heavy atom. The molecule has 3 nitrogen and oxygen atoms in total. The van der Waals surface area contributed by atoms with E-state index in [1.165, 1.54) is 43.1 Å². The van der Waals surface area contributed by atoms with Gasteiger partial charge in [0.25, 0.3) is 0 Å². The molecule has 2 aliphatic rings. The molecule has 0 spiro atoms. The van der Waals surface area contributed by atoms with E-state index in [9.17, 15) is 0 Å². The van der Waals surface area contributed by atoms with Crippen molar-refractivity contribution in [3.05, 3.63) is 16.1 Å². The first kappa shape index (κ1) is 11.6. The average molecular weight is 251 g/mol.